The van der Waals surface area contributed by atoms with Gasteiger partial charge in [-0.05, 0) is 44.7 Å². The molecule has 5 heterocycles. The molecule has 5 rings (SSSR count). The van der Waals surface area contributed by atoms with Crippen molar-refractivity contribution in [3.05, 3.63) is 30.1 Å². The number of nitrogens with one attached hydrogen (secondary N) is 3. The summed E-state index contributed by atoms with van der Waals surface area (Å²) in [5, 5.41) is 27.5. The van der Waals surface area contributed by atoms with Gasteiger partial charge in [-0.1, -0.05) is 0 Å². The number of anilines is 3. The fourth-order valence-corrected chi connectivity index (χ4v) is 4.82. The van der Waals surface area contributed by atoms with Crippen molar-refractivity contribution in [2.45, 2.75) is 57.2 Å². The van der Waals surface area contributed by atoms with E-state index in [2.05, 4.69) is 36.9 Å². The van der Waals surface area contributed by atoms with E-state index in [1.54, 1.807) is 0 Å². The quantitative estimate of drug-likeness (QED) is 0.593. The lowest BCUT2D eigenvalue weighted by Gasteiger charge is -2.39. The monoisotopic (exact) mass is 391 g/mol. The lowest BCUT2D eigenvalue weighted by Crippen LogP contribution is -2.47. The number of hydrogen-bond donors (Lipinski definition) is 3. The van der Waals surface area contributed by atoms with Crippen LogP contribution in [0.5, 0.6) is 0 Å². The summed E-state index contributed by atoms with van der Waals surface area (Å²) in [6.07, 6.45) is 7.16. The Kier molecular flexibility index (Phi) is 4.56. The summed E-state index contributed by atoms with van der Waals surface area (Å²) in [7, 11) is 0. The molecule has 3 atom stereocenters. The van der Waals surface area contributed by atoms with Gasteiger partial charge >= 0.3 is 0 Å². The number of nitrogens with zero attached hydrogens (tertiary/aromatic N) is 6. The molecule has 0 amide bonds. The van der Waals surface area contributed by atoms with Crippen molar-refractivity contribution in [2.24, 2.45) is 0 Å². The molecule has 0 aliphatic carbocycles. The van der Waals surface area contributed by atoms with Crippen molar-refractivity contribution in [3.63, 3.8) is 0 Å². The first kappa shape index (κ1) is 17.9. The molecule has 2 aliphatic rings. The molecule has 0 radical (unpaired) electrons. The standard InChI is InChI=1S/C20H25N9/c1-13-10-18(26-25-13)23-20-24-19(17-4-2-9-29(17)27-20)22-14-11-15-5-6-16(12-14)28(15)8-3-7-21/h2,4,9-10,14-16H,3,5-6,8,11-12H2,1H3,(H3,22,23,24,25,26,27)/t14-,15-,16?/m0/s1. The Morgan fingerprint density at radius 2 is 2.14 bits per heavy atom. The van der Waals surface area contributed by atoms with E-state index in [4.69, 9.17) is 10.2 Å². The number of hydrogen-bond acceptors (Lipinski definition) is 7. The molecule has 3 aromatic rings. The van der Waals surface area contributed by atoms with Crippen LogP contribution in [0, 0.1) is 18.3 Å². The largest absolute Gasteiger partial charge is 0.365 e. The average molecular weight is 391 g/mol. The van der Waals surface area contributed by atoms with Crippen LogP contribution >= 0.6 is 0 Å². The Labute approximate surface area is 169 Å². The number of fused-ring (bicyclic) bond motifs is 3. The highest BCUT2D eigenvalue weighted by Crippen LogP contribution is 2.37. The van der Waals surface area contributed by atoms with Crippen LogP contribution in [-0.4, -0.2) is 54.4 Å². The third-order valence-electron chi connectivity index (χ3n) is 6.04. The predicted octanol–water partition coefficient (Wildman–Crippen LogP) is 2.83. The molecule has 2 fully saturated rings. The first-order valence-electron chi connectivity index (χ1n) is 10.2. The number of nitriles is 1. The summed E-state index contributed by atoms with van der Waals surface area (Å²) in [6, 6.07) is 9.72. The molecule has 1 unspecified atom stereocenters. The van der Waals surface area contributed by atoms with Gasteiger partial charge in [0.05, 0.1) is 6.07 Å². The summed E-state index contributed by atoms with van der Waals surface area (Å²) in [6.45, 7) is 2.85. The molecule has 29 heavy (non-hydrogen) atoms. The summed E-state index contributed by atoms with van der Waals surface area (Å²) < 4.78 is 1.84. The zero-order valence-corrected chi connectivity index (χ0v) is 16.5. The zero-order valence-electron chi connectivity index (χ0n) is 16.5. The minimum atomic E-state index is 0.375. The van der Waals surface area contributed by atoms with Crippen LogP contribution in [0.3, 0.4) is 0 Å². The van der Waals surface area contributed by atoms with Crippen LogP contribution in [0.2, 0.25) is 0 Å². The molecule has 2 saturated heterocycles. The van der Waals surface area contributed by atoms with Crippen LogP contribution in [0.15, 0.2) is 24.4 Å². The van der Waals surface area contributed by atoms with Gasteiger partial charge < -0.3 is 10.6 Å². The van der Waals surface area contributed by atoms with E-state index in [0.29, 0.717) is 36.3 Å². The van der Waals surface area contributed by atoms with Gasteiger partial charge in [-0.2, -0.15) is 15.3 Å². The van der Waals surface area contributed by atoms with E-state index in [0.717, 1.165) is 36.4 Å². The van der Waals surface area contributed by atoms with Crippen LogP contribution in [0.1, 0.15) is 37.8 Å². The van der Waals surface area contributed by atoms with E-state index in [1.165, 1.54) is 12.8 Å². The molecular weight excluding hydrogens is 366 g/mol. The minimum absolute atomic E-state index is 0.375. The molecule has 2 bridgehead atoms. The van der Waals surface area contributed by atoms with E-state index in [-0.39, 0.29) is 0 Å². The highest BCUT2D eigenvalue weighted by molar-refractivity contribution is 5.69. The van der Waals surface area contributed by atoms with Crippen molar-refractivity contribution < 1.29 is 0 Å². The third-order valence-corrected chi connectivity index (χ3v) is 6.04. The predicted molar refractivity (Wildman–Crippen MR) is 110 cm³/mol. The number of aryl methyl sites for hydroxylation is 1. The van der Waals surface area contributed by atoms with Gasteiger partial charge in [0.1, 0.15) is 5.52 Å². The minimum Gasteiger partial charge on any atom is -0.365 e. The maximum absolute atomic E-state index is 8.93. The lowest BCUT2D eigenvalue weighted by molar-refractivity contribution is 0.136. The normalized spacial score (nSPS) is 23.9. The van der Waals surface area contributed by atoms with Gasteiger partial charge in [0.2, 0.25) is 5.95 Å². The van der Waals surface area contributed by atoms with Gasteiger partial charge in [0.15, 0.2) is 11.6 Å². The summed E-state index contributed by atoms with van der Waals surface area (Å²) in [5.74, 6) is 2.05. The fourth-order valence-electron chi connectivity index (χ4n) is 4.82. The van der Waals surface area contributed by atoms with Crippen molar-refractivity contribution >= 4 is 23.1 Å². The summed E-state index contributed by atoms with van der Waals surface area (Å²) >= 11 is 0. The number of H-pyrrole nitrogens is 1. The van der Waals surface area contributed by atoms with Crippen LogP contribution in [0.4, 0.5) is 17.6 Å². The molecule has 150 valence electrons. The highest BCUT2D eigenvalue weighted by Gasteiger charge is 2.40. The van der Waals surface area contributed by atoms with Crippen molar-refractivity contribution in [3.8, 4) is 6.07 Å². The Morgan fingerprint density at radius 3 is 2.86 bits per heavy atom. The smallest absolute Gasteiger partial charge is 0.248 e. The average Bonchev–Trinajstić information content (AvgIpc) is 3.39. The molecule has 3 N–H and O–H groups in total. The summed E-state index contributed by atoms with van der Waals surface area (Å²) in [4.78, 5) is 7.29. The second-order valence-electron chi connectivity index (χ2n) is 8.03. The molecular formula is C20H25N9. The number of aromatic amines is 1. The van der Waals surface area contributed by atoms with Gasteiger partial charge in [-0.15, -0.1) is 5.10 Å². The molecule has 0 spiro atoms. The van der Waals surface area contributed by atoms with Gasteiger partial charge in [0.25, 0.3) is 0 Å². The first-order chi connectivity index (χ1) is 14.2. The van der Waals surface area contributed by atoms with E-state index < -0.39 is 0 Å². The van der Waals surface area contributed by atoms with Crippen LogP contribution in [0.25, 0.3) is 5.52 Å². The summed E-state index contributed by atoms with van der Waals surface area (Å²) in [5.41, 5.74) is 1.94. The number of piperidine rings is 1. The molecule has 3 aromatic heterocycles. The molecule has 0 saturated carbocycles. The Morgan fingerprint density at radius 1 is 1.31 bits per heavy atom. The van der Waals surface area contributed by atoms with Gasteiger partial charge in [0, 0.05) is 49.0 Å². The second-order valence-corrected chi connectivity index (χ2v) is 8.03. The first-order valence-corrected chi connectivity index (χ1v) is 10.2. The molecule has 9 heteroatoms. The highest BCUT2D eigenvalue weighted by atomic mass is 15.3. The Hall–Kier alpha value is -3.12. The van der Waals surface area contributed by atoms with Crippen molar-refractivity contribution in [1.82, 2.24) is 29.7 Å². The van der Waals surface area contributed by atoms with E-state index in [9.17, 15) is 0 Å². The number of rotatable bonds is 6. The Bertz CT molecular complexity index is 1030. The maximum Gasteiger partial charge on any atom is 0.248 e. The van der Waals surface area contributed by atoms with Crippen LogP contribution < -0.4 is 10.6 Å². The third kappa shape index (κ3) is 3.51. The van der Waals surface area contributed by atoms with E-state index in [1.807, 2.05) is 35.8 Å². The van der Waals surface area contributed by atoms with Crippen molar-refractivity contribution in [2.75, 3.05) is 17.2 Å². The van der Waals surface area contributed by atoms with Gasteiger partial charge in [-0.3, -0.25) is 10.00 Å². The topological polar surface area (TPSA) is 110 Å². The Balaban J connectivity index is 1.35. The SMILES string of the molecule is Cc1cc(Nc2nc(N[C@@H]3CC4CC[C@@H](C3)N4CCC#N)c3cccn3n2)n[nH]1. The van der Waals surface area contributed by atoms with E-state index >= 15 is 0 Å². The zero-order chi connectivity index (χ0) is 19.8. The molecule has 2 aliphatic heterocycles. The van der Waals surface area contributed by atoms with Crippen LogP contribution in [-0.2, 0) is 0 Å². The molecule has 0 aromatic carbocycles. The number of aromatic nitrogens is 5. The second kappa shape index (κ2) is 7.37. The molecule has 9 nitrogen and oxygen atoms in total. The van der Waals surface area contributed by atoms with Crippen molar-refractivity contribution in [1.29, 1.82) is 5.26 Å². The maximum atomic E-state index is 8.93. The fraction of sp³-hybridized carbons (Fsp3) is 0.500. The lowest BCUT2D eigenvalue weighted by atomic mass is 9.97. The van der Waals surface area contributed by atoms with Gasteiger partial charge in [-0.25, -0.2) is 4.52 Å².